The molecule has 3 N–H and O–H groups in total. The molecule has 0 aliphatic heterocycles. The zero-order valence-electron chi connectivity index (χ0n) is 16.6. The van der Waals surface area contributed by atoms with Crippen molar-refractivity contribution in [2.24, 2.45) is 0 Å². The summed E-state index contributed by atoms with van der Waals surface area (Å²) in [4.78, 5) is 12.7. The summed E-state index contributed by atoms with van der Waals surface area (Å²) in [6, 6.07) is 19.4. The number of hydrogen-bond acceptors (Lipinski definition) is 4. The molecule has 0 aliphatic carbocycles. The predicted octanol–water partition coefficient (Wildman–Crippen LogP) is 3.97. The van der Waals surface area contributed by atoms with Crippen molar-refractivity contribution in [3.05, 3.63) is 66.7 Å². The lowest BCUT2D eigenvalue weighted by Crippen LogP contribution is -2.32. The molecule has 1 atom stereocenters. The van der Waals surface area contributed by atoms with Crippen LogP contribution >= 0.6 is 0 Å². The Morgan fingerprint density at radius 2 is 1.45 bits per heavy atom. The van der Waals surface area contributed by atoms with E-state index < -0.39 is 16.1 Å². The lowest BCUT2D eigenvalue weighted by Gasteiger charge is -2.16. The van der Waals surface area contributed by atoms with Gasteiger partial charge in [-0.05, 0) is 67.9 Å². The molecule has 29 heavy (non-hydrogen) atoms. The summed E-state index contributed by atoms with van der Waals surface area (Å²) in [6.45, 7) is 5.29. The van der Waals surface area contributed by atoms with Gasteiger partial charge < -0.3 is 10.6 Å². The van der Waals surface area contributed by atoms with Crippen LogP contribution in [0.15, 0.2) is 71.6 Å². The third-order valence-electron chi connectivity index (χ3n) is 4.35. The van der Waals surface area contributed by atoms with E-state index in [1.807, 2.05) is 42.5 Å². The minimum absolute atomic E-state index is 0.159. The zero-order valence-corrected chi connectivity index (χ0v) is 17.5. The number of benzene rings is 3. The number of anilines is 2. The topological polar surface area (TPSA) is 87.3 Å². The third-order valence-corrected chi connectivity index (χ3v) is 6.02. The van der Waals surface area contributed by atoms with Crippen LogP contribution in [0.4, 0.5) is 11.4 Å². The largest absolute Gasteiger partial charge is 0.374 e. The maximum absolute atomic E-state index is 12.5. The molecular formula is C22H25N3O3S. The molecule has 0 aliphatic rings. The van der Waals surface area contributed by atoms with Crippen LogP contribution in [0.3, 0.4) is 0 Å². The van der Waals surface area contributed by atoms with Gasteiger partial charge in [-0.3, -0.25) is 4.79 Å². The second kappa shape index (κ2) is 8.63. The van der Waals surface area contributed by atoms with Crippen molar-refractivity contribution in [3.63, 3.8) is 0 Å². The summed E-state index contributed by atoms with van der Waals surface area (Å²) in [5, 5.41) is 8.23. The normalized spacial score (nSPS) is 12.7. The van der Waals surface area contributed by atoms with Crippen molar-refractivity contribution in [2.45, 2.75) is 37.8 Å². The molecule has 3 rings (SSSR count). The summed E-state index contributed by atoms with van der Waals surface area (Å²) in [7, 11) is -3.55. The van der Waals surface area contributed by atoms with Gasteiger partial charge in [-0.15, -0.1) is 0 Å². The van der Waals surface area contributed by atoms with Crippen LogP contribution in [0.1, 0.15) is 20.8 Å². The number of carbonyl (C=O) groups is 1. The van der Waals surface area contributed by atoms with E-state index in [9.17, 15) is 13.2 Å². The number of sulfonamides is 1. The Kier molecular flexibility index (Phi) is 6.20. The highest BCUT2D eigenvalue weighted by atomic mass is 32.2. The van der Waals surface area contributed by atoms with E-state index in [1.54, 1.807) is 32.9 Å². The molecule has 7 heteroatoms. The number of rotatable bonds is 7. The van der Waals surface area contributed by atoms with Gasteiger partial charge in [-0.1, -0.05) is 30.3 Å². The van der Waals surface area contributed by atoms with E-state index in [0.29, 0.717) is 5.69 Å². The standard InChI is InChI=1S/C22H25N3O3S/c1-15(2)25-29(27,28)21-12-10-19(11-13-21)24-22(26)16(3)23-20-9-8-17-6-4-5-7-18(17)14-20/h4-16,23,25H,1-3H3,(H,24,26)/t16-/m1/s1. The van der Waals surface area contributed by atoms with E-state index in [-0.39, 0.29) is 16.8 Å². The van der Waals surface area contributed by atoms with Crippen LogP contribution in [0.2, 0.25) is 0 Å². The number of fused-ring (bicyclic) bond motifs is 1. The summed E-state index contributed by atoms with van der Waals surface area (Å²) in [6.07, 6.45) is 0. The molecule has 0 heterocycles. The lowest BCUT2D eigenvalue weighted by molar-refractivity contribution is -0.116. The highest BCUT2D eigenvalue weighted by Crippen LogP contribution is 2.20. The van der Waals surface area contributed by atoms with E-state index >= 15 is 0 Å². The Morgan fingerprint density at radius 3 is 2.10 bits per heavy atom. The van der Waals surface area contributed by atoms with Gasteiger partial charge in [-0.2, -0.15) is 0 Å². The Bertz CT molecular complexity index is 1110. The van der Waals surface area contributed by atoms with Crippen LogP contribution in [-0.2, 0) is 14.8 Å². The first-order valence-electron chi connectivity index (χ1n) is 9.43. The summed E-state index contributed by atoms with van der Waals surface area (Å²) in [5.74, 6) is -0.214. The van der Waals surface area contributed by atoms with Crippen LogP contribution in [0.25, 0.3) is 10.8 Å². The third kappa shape index (κ3) is 5.34. The molecule has 0 fully saturated rings. The van der Waals surface area contributed by atoms with Crippen molar-refractivity contribution >= 4 is 38.1 Å². The van der Waals surface area contributed by atoms with Crippen molar-refractivity contribution in [3.8, 4) is 0 Å². The zero-order chi connectivity index (χ0) is 21.0. The van der Waals surface area contributed by atoms with Crippen molar-refractivity contribution in [1.29, 1.82) is 0 Å². The first kappa shape index (κ1) is 20.8. The highest BCUT2D eigenvalue weighted by Gasteiger charge is 2.16. The van der Waals surface area contributed by atoms with Gasteiger partial charge in [0.15, 0.2) is 0 Å². The van der Waals surface area contributed by atoms with E-state index in [4.69, 9.17) is 0 Å². The maximum atomic E-state index is 12.5. The van der Waals surface area contributed by atoms with Gasteiger partial charge in [0.2, 0.25) is 15.9 Å². The molecule has 1 amide bonds. The maximum Gasteiger partial charge on any atom is 0.246 e. The molecular weight excluding hydrogens is 386 g/mol. The molecule has 0 saturated heterocycles. The Hall–Kier alpha value is -2.90. The summed E-state index contributed by atoms with van der Waals surface area (Å²) < 4.78 is 26.9. The Morgan fingerprint density at radius 1 is 0.828 bits per heavy atom. The number of nitrogens with one attached hydrogen (secondary N) is 3. The minimum Gasteiger partial charge on any atom is -0.374 e. The molecule has 0 bridgehead atoms. The Labute approximate surface area is 171 Å². The van der Waals surface area contributed by atoms with Crippen molar-refractivity contribution < 1.29 is 13.2 Å². The van der Waals surface area contributed by atoms with Crippen LogP contribution < -0.4 is 15.4 Å². The van der Waals surface area contributed by atoms with Gasteiger partial charge in [0, 0.05) is 17.4 Å². The first-order chi connectivity index (χ1) is 13.7. The predicted molar refractivity (Wildman–Crippen MR) is 118 cm³/mol. The molecule has 0 aromatic heterocycles. The second-order valence-corrected chi connectivity index (χ2v) is 8.93. The molecule has 152 valence electrons. The molecule has 3 aromatic carbocycles. The molecule has 0 unspecified atom stereocenters. The van der Waals surface area contributed by atoms with E-state index in [2.05, 4.69) is 15.4 Å². The first-order valence-corrected chi connectivity index (χ1v) is 10.9. The van der Waals surface area contributed by atoms with Crippen molar-refractivity contribution in [2.75, 3.05) is 10.6 Å². The minimum atomic E-state index is -3.55. The van der Waals surface area contributed by atoms with Gasteiger partial charge in [0.25, 0.3) is 0 Å². The van der Waals surface area contributed by atoms with Crippen molar-refractivity contribution in [1.82, 2.24) is 4.72 Å². The van der Waals surface area contributed by atoms with Gasteiger partial charge in [-0.25, -0.2) is 13.1 Å². The summed E-state index contributed by atoms with van der Waals surface area (Å²) in [5.41, 5.74) is 1.39. The fourth-order valence-electron chi connectivity index (χ4n) is 2.94. The molecule has 6 nitrogen and oxygen atoms in total. The second-order valence-electron chi connectivity index (χ2n) is 7.22. The summed E-state index contributed by atoms with van der Waals surface area (Å²) >= 11 is 0. The SMILES string of the molecule is CC(C)NS(=O)(=O)c1ccc(NC(=O)[C@@H](C)Nc2ccc3ccccc3c2)cc1. The van der Waals surface area contributed by atoms with Crippen LogP contribution in [-0.4, -0.2) is 26.4 Å². The van der Waals surface area contributed by atoms with Crippen LogP contribution in [0.5, 0.6) is 0 Å². The Balaban J connectivity index is 1.64. The number of amides is 1. The molecule has 0 saturated carbocycles. The van der Waals surface area contributed by atoms with Gasteiger partial charge in [0.05, 0.1) is 4.90 Å². The number of hydrogen-bond donors (Lipinski definition) is 3. The highest BCUT2D eigenvalue weighted by molar-refractivity contribution is 7.89. The molecule has 0 spiro atoms. The number of carbonyl (C=O) groups excluding carboxylic acids is 1. The smallest absolute Gasteiger partial charge is 0.246 e. The average molecular weight is 412 g/mol. The molecule has 0 radical (unpaired) electrons. The monoisotopic (exact) mass is 411 g/mol. The quantitative estimate of drug-likeness (QED) is 0.549. The fraction of sp³-hybridized carbons (Fsp3) is 0.227. The molecule has 3 aromatic rings. The fourth-order valence-corrected chi connectivity index (χ4v) is 4.19. The van der Waals surface area contributed by atoms with E-state index in [0.717, 1.165) is 16.5 Å². The lowest BCUT2D eigenvalue weighted by atomic mass is 10.1. The van der Waals surface area contributed by atoms with Crippen LogP contribution in [0, 0.1) is 0 Å². The van der Waals surface area contributed by atoms with E-state index in [1.165, 1.54) is 12.1 Å². The van der Waals surface area contributed by atoms with Gasteiger partial charge in [0.1, 0.15) is 6.04 Å². The van der Waals surface area contributed by atoms with Gasteiger partial charge >= 0.3 is 0 Å². The average Bonchev–Trinajstić information content (AvgIpc) is 2.67.